The monoisotopic (exact) mass is 342 g/mol. The van der Waals surface area contributed by atoms with E-state index in [1.807, 2.05) is 29.2 Å². The minimum absolute atomic E-state index is 0.0245. The summed E-state index contributed by atoms with van der Waals surface area (Å²) in [5, 5.41) is 13.1. The summed E-state index contributed by atoms with van der Waals surface area (Å²) in [6.07, 6.45) is 2.23. The maximum Gasteiger partial charge on any atom is 0.253 e. The summed E-state index contributed by atoms with van der Waals surface area (Å²) in [5.74, 6) is 1.69. The standard InChI is InChI=1S/C18H22N4O3/c23-11-10-21-6-8-22(9-7-21)18(24)15-3-1-2-14(12-15)16-19-17(25-20-16)13-4-5-13/h1-3,12-13,23H,4-11H2. The first-order chi connectivity index (χ1) is 12.2. The van der Waals surface area contributed by atoms with Gasteiger partial charge in [0.25, 0.3) is 5.91 Å². The predicted molar refractivity (Wildman–Crippen MR) is 91.1 cm³/mol. The molecule has 0 unspecified atom stereocenters. The Hall–Kier alpha value is -2.25. The number of aromatic nitrogens is 2. The molecule has 1 N–H and O–H groups in total. The smallest absolute Gasteiger partial charge is 0.253 e. The summed E-state index contributed by atoms with van der Waals surface area (Å²) < 4.78 is 5.31. The van der Waals surface area contributed by atoms with Gasteiger partial charge in [-0.15, -0.1) is 0 Å². The van der Waals surface area contributed by atoms with Crippen LogP contribution in [-0.2, 0) is 0 Å². The molecule has 1 saturated carbocycles. The zero-order valence-corrected chi connectivity index (χ0v) is 14.1. The molecule has 2 heterocycles. The Balaban J connectivity index is 1.46. The number of amides is 1. The Kier molecular flexibility index (Phi) is 4.50. The molecular weight excluding hydrogens is 320 g/mol. The van der Waals surface area contributed by atoms with Crippen molar-refractivity contribution in [2.24, 2.45) is 0 Å². The third-order valence-corrected chi connectivity index (χ3v) is 4.81. The summed E-state index contributed by atoms with van der Waals surface area (Å²) in [6.45, 7) is 3.76. The molecule has 0 spiro atoms. The highest BCUT2D eigenvalue weighted by Gasteiger charge is 2.30. The number of carbonyl (C=O) groups is 1. The van der Waals surface area contributed by atoms with E-state index in [4.69, 9.17) is 9.63 Å². The number of nitrogens with zero attached hydrogens (tertiary/aromatic N) is 4. The van der Waals surface area contributed by atoms with Crippen molar-refractivity contribution in [3.05, 3.63) is 35.7 Å². The summed E-state index contributed by atoms with van der Waals surface area (Å²) in [7, 11) is 0. The molecule has 2 aliphatic rings. The summed E-state index contributed by atoms with van der Waals surface area (Å²) in [4.78, 5) is 21.2. The quantitative estimate of drug-likeness (QED) is 0.883. The van der Waals surface area contributed by atoms with Crippen LogP contribution in [0.4, 0.5) is 0 Å². The lowest BCUT2D eigenvalue weighted by atomic mass is 10.1. The van der Waals surface area contributed by atoms with Crippen LogP contribution in [-0.4, -0.2) is 70.3 Å². The lowest BCUT2D eigenvalue weighted by molar-refractivity contribution is 0.0615. The molecule has 1 saturated heterocycles. The molecular formula is C18H22N4O3. The van der Waals surface area contributed by atoms with Crippen LogP contribution in [0.2, 0.25) is 0 Å². The molecule has 0 atom stereocenters. The molecule has 1 aromatic carbocycles. The van der Waals surface area contributed by atoms with Gasteiger partial charge >= 0.3 is 0 Å². The van der Waals surface area contributed by atoms with Gasteiger partial charge in [-0.05, 0) is 25.0 Å². The van der Waals surface area contributed by atoms with Crippen LogP contribution < -0.4 is 0 Å². The van der Waals surface area contributed by atoms with E-state index in [9.17, 15) is 4.79 Å². The van der Waals surface area contributed by atoms with E-state index in [-0.39, 0.29) is 12.5 Å². The highest BCUT2D eigenvalue weighted by atomic mass is 16.5. The second kappa shape index (κ2) is 6.93. The Morgan fingerprint density at radius 3 is 2.76 bits per heavy atom. The molecule has 1 aromatic heterocycles. The number of aliphatic hydroxyl groups excluding tert-OH is 1. The van der Waals surface area contributed by atoms with Gasteiger partial charge in [-0.25, -0.2) is 0 Å². The third kappa shape index (κ3) is 3.57. The Morgan fingerprint density at radius 2 is 2.04 bits per heavy atom. The number of rotatable bonds is 5. The largest absolute Gasteiger partial charge is 0.395 e. The van der Waals surface area contributed by atoms with E-state index in [0.717, 1.165) is 31.5 Å². The maximum atomic E-state index is 12.8. The molecule has 7 heteroatoms. The second-order valence-electron chi connectivity index (χ2n) is 6.67. The lowest BCUT2D eigenvalue weighted by Gasteiger charge is -2.34. The number of hydrogen-bond donors (Lipinski definition) is 1. The van der Waals surface area contributed by atoms with Gasteiger partial charge in [0.1, 0.15) is 0 Å². The molecule has 2 aromatic rings. The zero-order valence-electron chi connectivity index (χ0n) is 14.1. The van der Waals surface area contributed by atoms with Crippen molar-refractivity contribution in [1.82, 2.24) is 19.9 Å². The normalized spacial score (nSPS) is 18.5. The van der Waals surface area contributed by atoms with E-state index in [1.54, 1.807) is 0 Å². The van der Waals surface area contributed by atoms with Gasteiger partial charge in [-0.3, -0.25) is 9.69 Å². The van der Waals surface area contributed by atoms with Gasteiger partial charge in [0.2, 0.25) is 11.7 Å². The van der Waals surface area contributed by atoms with Crippen LogP contribution in [0.5, 0.6) is 0 Å². The molecule has 2 fully saturated rings. The lowest BCUT2D eigenvalue weighted by Crippen LogP contribution is -2.49. The van der Waals surface area contributed by atoms with Crippen LogP contribution in [0.1, 0.15) is 35.0 Å². The third-order valence-electron chi connectivity index (χ3n) is 4.81. The summed E-state index contributed by atoms with van der Waals surface area (Å²) in [5.41, 5.74) is 1.45. The number of benzene rings is 1. The van der Waals surface area contributed by atoms with E-state index in [1.165, 1.54) is 0 Å². The topological polar surface area (TPSA) is 82.7 Å². The first-order valence-corrected chi connectivity index (χ1v) is 8.81. The molecule has 132 valence electrons. The highest BCUT2D eigenvalue weighted by molar-refractivity contribution is 5.95. The van der Waals surface area contributed by atoms with Crippen molar-refractivity contribution in [3.8, 4) is 11.4 Å². The minimum Gasteiger partial charge on any atom is -0.395 e. The Morgan fingerprint density at radius 1 is 1.24 bits per heavy atom. The number of aliphatic hydroxyl groups is 1. The highest BCUT2D eigenvalue weighted by Crippen LogP contribution is 2.39. The molecule has 4 rings (SSSR count). The van der Waals surface area contributed by atoms with Gasteiger partial charge in [0.15, 0.2) is 0 Å². The zero-order chi connectivity index (χ0) is 17.2. The summed E-state index contributed by atoms with van der Waals surface area (Å²) in [6, 6.07) is 7.42. The van der Waals surface area contributed by atoms with E-state index >= 15 is 0 Å². The van der Waals surface area contributed by atoms with Crippen LogP contribution >= 0.6 is 0 Å². The van der Waals surface area contributed by atoms with Gasteiger partial charge < -0.3 is 14.5 Å². The molecule has 25 heavy (non-hydrogen) atoms. The second-order valence-corrected chi connectivity index (χ2v) is 6.67. The Labute approximate surface area is 146 Å². The predicted octanol–water partition coefficient (Wildman–Crippen LogP) is 1.36. The number of hydrogen-bond acceptors (Lipinski definition) is 6. The average molecular weight is 342 g/mol. The fraction of sp³-hybridized carbons (Fsp3) is 0.500. The van der Waals surface area contributed by atoms with Crippen molar-refractivity contribution >= 4 is 5.91 Å². The minimum atomic E-state index is 0.0245. The first kappa shape index (κ1) is 16.2. The van der Waals surface area contributed by atoms with Crippen LogP contribution in [0.15, 0.2) is 28.8 Å². The van der Waals surface area contributed by atoms with Gasteiger partial charge in [0, 0.05) is 49.8 Å². The van der Waals surface area contributed by atoms with Gasteiger partial charge in [0.05, 0.1) is 6.61 Å². The first-order valence-electron chi connectivity index (χ1n) is 8.81. The van der Waals surface area contributed by atoms with Crippen molar-refractivity contribution in [2.45, 2.75) is 18.8 Å². The molecule has 1 aliphatic heterocycles. The van der Waals surface area contributed by atoms with Gasteiger partial charge in [-0.2, -0.15) is 4.98 Å². The molecule has 0 bridgehead atoms. The van der Waals surface area contributed by atoms with Gasteiger partial charge in [-0.1, -0.05) is 17.3 Å². The van der Waals surface area contributed by atoms with Crippen LogP contribution in [0.25, 0.3) is 11.4 Å². The fourth-order valence-corrected chi connectivity index (χ4v) is 3.14. The summed E-state index contributed by atoms with van der Waals surface area (Å²) >= 11 is 0. The number of piperazine rings is 1. The number of carbonyl (C=O) groups excluding carboxylic acids is 1. The SMILES string of the molecule is O=C(c1cccc(-c2noc(C3CC3)n2)c1)N1CCN(CCO)CC1. The van der Waals surface area contributed by atoms with Crippen LogP contribution in [0.3, 0.4) is 0 Å². The average Bonchev–Trinajstić information content (AvgIpc) is 3.39. The van der Waals surface area contributed by atoms with Crippen molar-refractivity contribution in [1.29, 1.82) is 0 Å². The maximum absolute atomic E-state index is 12.8. The van der Waals surface area contributed by atoms with E-state index in [0.29, 0.717) is 42.8 Å². The molecule has 1 amide bonds. The van der Waals surface area contributed by atoms with Crippen molar-refractivity contribution in [2.75, 3.05) is 39.3 Å². The molecule has 0 radical (unpaired) electrons. The van der Waals surface area contributed by atoms with Crippen molar-refractivity contribution < 1.29 is 14.4 Å². The Bertz CT molecular complexity index is 748. The number of β-amino-alcohol motifs (C(OH)–C–C–N with tert-alkyl or cyclic N) is 1. The molecule has 7 nitrogen and oxygen atoms in total. The van der Waals surface area contributed by atoms with E-state index < -0.39 is 0 Å². The fourth-order valence-electron chi connectivity index (χ4n) is 3.14. The van der Waals surface area contributed by atoms with E-state index in [2.05, 4.69) is 15.0 Å². The molecule has 1 aliphatic carbocycles. The van der Waals surface area contributed by atoms with Crippen LogP contribution in [0, 0.1) is 0 Å². The van der Waals surface area contributed by atoms with Crippen molar-refractivity contribution in [3.63, 3.8) is 0 Å².